The lowest BCUT2D eigenvalue weighted by Crippen LogP contribution is -2.43. The smallest absolute Gasteiger partial charge is 0.411 e. The molecule has 1 amide bonds. The van der Waals surface area contributed by atoms with Gasteiger partial charge in [0.15, 0.2) is 0 Å². The minimum Gasteiger partial charge on any atom is -0.488 e. The topological polar surface area (TPSA) is 76.1 Å². The summed E-state index contributed by atoms with van der Waals surface area (Å²) in [6, 6.07) is 4.81. The highest BCUT2D eigenvalue weighted by molar-refractivity contribution is 9.10. The fourth-order valence-corrected chi connectivity index (χ4v) is 3.37. The third kappa shape index (κ3) is 5.61. The molecule has 0 saturated carbocycles. The Balaban J connectivity index is 2.22. The number of benzene rings is 1. The van der Waals surface area contributed by atoms with Gasteiger partial charge in [-0.2, -0.15) is 0 Å². The summed E-state index contributed by atoms with van der Waals surface area (Å²) >= 11 is 3.48. The van der Waals surface area contributed by atoms with Crippen LogP contribution in [0.15, 0.2) is 22.7 Å². The molecule has 27 heavy (non-hydrogen) atoms. The quantitative estimate of drug-likeness (QED) is 0.741. The summed E-state index contributed by atoms with van der Waals surface area (Å²) in [6.07, 6.45) is -0.831. The second-order valence-corrected chi connectivity index (χ2v) is 9.77. The van der Waals surface area contributed by atoms with Gasteiger partial charge in [-0.05, 0) is 44.4 Å². The second-order valence-electron chi connectivity index (χ2n) is 8.85. The van der Waals surface area contributed by atoms with E-state index < -0.39 is 29.8 Å². The number of hydrogen-bond donors (Lipinski definition) is 1. The predicted molar refractivity (Wildman–Crippen MR) is 106 cm³/mol. The molecule has 1 saturated heterocycles. The van der Waals surface area contributed by atoms with Crippen molar-refractivity contribution < 1.29 is 24.2 Å². The van der Waals surface area contributed by atoms with Crippen molar-refractivity contribution in [3.63, 3.8) is 0 Å². The SMILES string of the molecule is CC(C)(C)OC(=O)N1C[C@@H](Oc2ccc(Br)cc2C(C)(C)C)C[C@H]1C(=O)O. The molecule has 150 valence electrons. The summed E-state index contributed by atoms with van der Waals surface area (Å²) in [5.74, 6) is -0.357. The molecule has 0 aliphatic carbocycles. The Hall–Kier alpha value is -1.76. The van der Waals surface area contributed by atoms with Crippen LogP contribution in [0.25, 0.3) is 0 Å². The first-order valence-corrected chi connectivity index (χ1v) is 9.76. The van der Waals surface area contributed by atoms with E-state index in [0.29, 0.717) is 5.75 Å². The molecule has 1 fully saturated rings. The number of rotatable bonds is 3. The first-order valence-electron chi connectivity index (χ1n) is 8.97. The molecule has 2 rings (SSSR count). The van der Waals surface area contributed by atoms with E-state index >= 15 is 0 Å². The van der Waals surface area contributed by atoms with Crippen molar-refractivity contribution in [1.29, 1.82) is 0 Å². The molecule has 0 bridgehead atoms. The van der Waals surface area contributed by atoms with Gasteiger partial charge in [0.2, 0.25) is 0 Å². The third-order valence-electron chi connectivity index (χ3n) is 4.22. The molecule has 7 heteroatoms. The number of carbonyl (C=O) groups is 2. The van der Waals surface area contributed by atoms with Crippen LogP contribution >= 0.6 is 15.9 Å². The lowest BCUT2D eigenvalue weighted by atomic mass is 9.86. The van der Waals surface area contributed by atoms with Crippen molar-refractivity contribution in [3.8, 4) is 5.75 Å². The fourth-order valence-electron chi connectivity index (χ4n) is 3.01. The zero-order valence-corrected chi connectivity index (χ0v) is 18.3. The summed E-state index contributed by atoms with van der Waals surface area (Å²) in [4.78, 5) is 25.3. The minimum atomic E-state index is -1.06. The second kappa shape index (κ2) is 7.70. The molecule has 2 atom stereocenters. The summed E-state index contributed by atoms with van der Waals surface area (Å²) in [6.45, 7) is 11.7. The highest BCUT2D eigenvalue weighted by Crippen LogP contribution is 2.35. The van der Waals surface area contributed by atoms with Crippen LogP contribution in [0.5, 0.6) is 5.75 Å². The zero-order valence-electron chi connectivity index (χ0n) is 16.7. The van der Waals surface area contributed by atoms with Crippen molar-refractivity contribution in [2.24, 2.45) is 0 Å². The van der Waals surface area contributed by atoms with Gasteiger partial charge in [0.25, 0.3) is 0 Å². The Morgan fingerprint density at radius 1 is 1.19 bits per heavy atom. The number of likely N-dealkylation sites (tertiary alicyclic amines) is 1. The van der Waals surface area contributed by atoms with Crippen molar-refractivity contribution in [2.75, 3.05) is 6.54 Å². The van der Waals surface area contributed by atoms with Gasteiger partial charge in [-0.1, -0.05) is 36.7 Å². The van der Waals surface area contributed by atoms with Crippen LogP contribution in [-0.4, -0.2) is 46.4 Å². The number of carboxylic acid groups (broad SMARTS) is 1. The number of ether oxygens (including phenoxy) is 2. The minimum absolute atomic E-state index is 0.144. The standard InChI is InChI=1S/C20H28BrNO5/c1-19(2,3)14-9-12(21)7-8-16(14)26-13-10-15(17(23)24)22(11-13)18(25)27-20(4,5)6/h7-9,13,15H,10-11H2,1-6H3,(H,23,24)/t13-,15-/m0/s1. The van der Waals surface area contributed by atoms with Crippen LogP contribution in [0, 0.1) is 0 Å². The molecule has 1 aromatic carbocycles. The highest BCUT2D eigenvalue weighted by atomic mass is 79.9. The van der Waals surface area contributed by atoms with Gasteiger partial charge in [-0.25, -0.2) is 9.59 Å². The number of halogens is 1. The first-order chi connectivity index (χ1) is 12.3. The predicted octanol–water partition coefficient (Wildman–Crippen LogP) is 4.59. The molecular weight excluding hydrogens is 414 g/mol. The van der Waals surface area contributed by atoms with E-state index in [0.717, 1.165) is 10.0 Å². The molecule has 1 aliphatic rings. The van der Waals surface area contributed by atoms with Gasteiger partial charge in [-0.3, -0.25) is 4.90 Å². The molecule has 0 unspecified atom stereocenters. The van der Waals surface area contributed by atoms with Gasteiger partial charge in [0, 0.05) is 16.5 Å². The fraction of sp³-hybridized carbons (Fsp3) is 0.600. The average Bonchev–Trinajstić information content (AvgIpc) is 2.90. The van der Waals surface area contributed by atoms with Crippen molar-refractivity contribution >= 4 is 28.0 Å². The van der Waals surface area contributed by atoms with Gasteiger partial charge in [-0.15, -0.1) is 0 Å². The highest BCUT2D eigenvalue weighted by Gasteiger charge is 2.43. The number of hydrogen-bond acceptors (Lipinski definition) is 4. The molecule has 1 N–H and O–H groups in total. The van der Waals surface area contributed by atoms with Gasteiger partial charge >= 0.3 is 12.1 Å². The summed E-state index contributed by atoms with van der Waals surface area (Å²) in [5, 5.41) is 9.52. The number of nitrogens with zero attached hydrogens (tertiary/aromatic N) is 1. The van der Waals surface area contributed by atoms with E-state index in [9.17, 15) is 14.7 Å². The Kier molecular flexibility index (Phi) is 6.14. The molecule has 0 aromatic heterocycles. The van der Waals surface area contributed by atoms with Gasteiger partial charge < -0.3 is 14.6 Å². The van der Waals surface area contributed by atoms with E-state index in [1.165, 1.54) is 4.90 Å². The Labute approximate surface area is 169 Å². The van der Waals surface area contributed by atoms with E-state index in [4.69, 9.17) is 9.47 Å². The summed E-state index contributed by atoms with van der Waals surface area (Å²) < 4.78 is 12.5. The van der Waals surface area contributed by atoms with Crippen LogP contribution in [0.3, 0.4) is 0 Å². The summed E-state index contributed by atoms with van der Waals surface area (Å²) in [7, 11) is 0. The Morgan fingerprint density at radius 2 is 1.81 bits per heavy atom. The van der Waals surface area contributed by atoms with Crippen molar-refractivity contribution in [3.05, 3.63) is 28.2 Å². The molecule has 1 aliphatic heterocycles. The Morgan fingerprint density at radius 3 is 2.33 bits per heavy atom. The van der Waals surface area contributed by atoms with Crippen LogP contribution in [0.2, 0.25) is 0 Å². The maximum Gasteiger partial charge on any atom is 0.411 e. The lowest BCUT2D eigenvalue weighted by Gasteiger charge is -2.27. The third-order valence-corrected chi connectivity index (χ3v) is 4.71. The average molecular weight is 442 g/mol. The monoisotopic (exact) mass is 441 g/mol. The molecule has 0 radical (unpaired) electrons. The van der Waals surface area contributed by atoms with Gasteiger partial charge in [0.1, 0.15) is 23.5 Å². The van der Waals surface area contributed by atoms with Crippen molar-refractivity contribution in [2.45, 2.75) is 71.1 Å². The van der Waals surface area contributed by atoms with Crippen molar-refractivity contribution in [1.82, 2.24) is 4.90 Å². The van der Waals surface area contributed by atoms with E-state index in [-0.39, 0.29) is 18.4 Å². The largest absolute Gasteiger partial charge is 0.488 e. The molecule has 1 heterocycles. The lowest BCUT2D eigenvalue weighted by molar-refractivity contribution is -0.142. The maximum absolute atomic E-state index is 12.4. The zero-order chi connectivity index (χ0) is 20.6. The van der Waals surface area contributed by atoms with E-state index in [2.05, 4.69) is 36.7 Å². The molecular formula is C20H28BrNO5. The van der Waals surface area contributed by atoms with Crippen LogP contribution in [0.1, 0.15) is 53.5 Å². The first kappa shape index (κ1) is 21.5. The van der Waals surface area contributed by atoms with Crippen LogP contribution in [-0.2, 0) is 14.9 Å². The van der Waals surface area contributed by atoms with Crippen LogP contribution < -0.4 is 4.74 Å². The number of carboxylic acids is 1. The molecule has 6 nitrogen and oxygen atoms in total. The van der Waals surface area contributed by atoms with Crippen LogP contribution in [0.4, 0.5) is 4.79 Å². The van der Waals surface area contributed by atoms with E-state index in [1.54, 1.807) is 20.8 Å². The number of carbonyl (C=O) groups excluding carboxylic acids is 1. The molecule has 1 aromatic rings. The normalized spacial score (nSPS) is 20.5. The van der Waals surface area contributed by atoms with Gasteiger partial charge in [0.05, 0.1) is 6.54 Å². The summed E-state index contributed by atoms with van der Waals surface area (Å²) in [5.41, 5.74) is 0.179. The number of aliphatic carboxylic acids is 1. The van der Waals surface area contributed by atoms with E-state index in [1.807, 2.05) is 18.2 Å². The number of amides is 1. The molecule has 0 spiro atoms. The maximum atomic E-state index is 12.4. The Bertz CT molecular complexity index is 720.